The lowest BCUT2D eigenvalue weighted by atomic mass is 10.0. The minimum absolute atomic E-state index is 0.0439. The zero-order valence-corrected chi connectivity index (χ0v) is 10.9. The van der Waals surface area contributed by atoms with Crippen LogP contribution < -0.4 is 5.32 Å². The van der Waals surface area contributed by atoms with Gasteiger partial charge in [-0.1, -0.05) is 0 Å². The second kappa shape index (κ2) is 5.94. The summed E-state index contributed by atoms with van der Waals surface area (Å²) >= 11 is 0. The molecule has 0 heterocycles. The number of halogens is 3. The van der Waals surface area contributed by atoms with Crippen molar-refractivity contribution in [3.8, 4) is 0 Å². The Bertz CT molecular complexity index is 497. The first-order valence-corrected chi connectivity index (χ1v) is 5.84. The number of carbonyl (C=O) groups is 2. The van der Waals surface area contributed by atoms with Gasteiger partial charge in [0.25, 0.3) is 5.91 Å². The van der Waals surface area contributed by atoms with E-state index in [1.165, 1.54) is 13.8 Å². The highest BCUT2D eigenvalue weighted by molar-refractivity contribution is 5.94. The molecule has 20 heavy (non-hydrogen) atoms. The Hall–Kier alpha value is -2.05. The largest absolute Gasteiger partial charge is 0.481 e. The van der Waals surface area contributed by atoms with E-state index in [9.17, 15) is 22.8 Å². The van der Waals surface area contributed by atoms with E-state index in [1.54, 1.807) is 0 Å². The lowest BCUT2D eigenvalue weighted by Crippen LogP contribution is -2.40. The van der Waals surface area contributed by atoms with Crippen molar-refractivity contribution in [1.82, 2.24) is 5.32 Å². The molecule has 1 amide bonds. The third-order valence-electron chi connectivity index (χ3n) is 2.97. The van der Waals surface area contributed by atoms with Crippen LogP contribution in [-0.2, 0) is 11.0 Å². The van der Waals surface area contributed by atoms with Crippen LogP contribution >= 0.6 is 0 Å². The monoisotopic (exact) mass is 289 g/mol. The molecule has 0 saturated heterocycles. The van der Waals surface area contributed by atoms with Crippen LogP contribution in [0.15, 0.2) is 24.3 Å². The fourth-order valence-corrected chi connectivity index (χ4v) is 1.44. The van der Waals surface area contributed by atoms with Crippen LogP contribution in [-0.4, -0.2) is 23.0 Å². The first-order valence-electron chi connectivity index (χ1n) is 5.84. The van der Waals surface area contributed by atoms with Gasteiger partial charge in [-0.2, -0.15) is 13.2 Å². The van der Waals surface area contributed by atoms with Gasteiger partial charge in [-0.25, -0.2) is 0 Å². The van der Waals surface area contributed by atoms with E-state index < -0.39 is 35.6 Å². The van der Waals surface area contributed by atoms with E-state index in [2.05, 4.69) is 5.32 Å². The van der Waals surface area contributed by atoms with Crippen molar-refractivity contribution >= 4 is 11.9 Å². The second-order valence-electron chi connectivity index (χ2n) is 4.46. The first-order chi connectivity index (χ1) is 9.12. The van der Waals surface area contributed by atoms with Crippen molar-refractivity contribution in [3.05, 3.63) is 35.4 Å². The summed E-state index contributed by atoms with van der Waals surface area (Å²) in [6, 6.07) is 3.08. The van der Waals surface area contributed by atoms with Gasteiger partial charge in [0.2, 0.25) is 0 Å². The van der Waals surface area contributed by atoms with Gasteiger partial charge < -0.3 is 10.4 Å². The standard InChI is InChI=1S/C13H14F3NO3/c1-7(12(19)20)8(2)17-11(18)9-3-5-10(6-4-9)13(14,15)16/h3-8H,1-2H3,(H,17,18)(H,19,20). The molecule has 0 fully saturated rings. The smallest absolute Gasteiger partial charge is 0.416 e. The Morgan fingerprint density at radius 1 is 1.15 bits per heavy atom. The quantitative estimate of drug-likeness (QED) is 0.895. The molecule has 0 aliphatic heterocycles. The summed E-state index contributed by atoms with van der Waals surface area (Å²) in [4.78, 5) is 22.5. The van der Waals surface area contributed by atoms with Crippen LogP contribution in [0.4, 0.5) is 13.2 Å². The topological polar surface area (TPSA) is 66.4 Å². The lowest BCUT2D eigenvalue weighted by Gasteiger charge is -2.17. The Morgan fingerprint density at radius 3 is 2.05 bits per heavy atom. The lowest BCUT2D eigenvalue weighted by molar-refractivity contribution is -0.142. The summed E-state index contributed by atoms with van der Waals surface area (Å²) in [6.07, 6.45) is -4.46. The summed E-state index contributed by atoms with van der Waals surface area (Å²) in [5, 5.41) is 11.2. The molecule has 2 unspecified atom stereocenters. The molecule has 1 rings (SSSR count). The van der Waals surface area contributed by atoms with Gasteiger partial charge in [0.1, 0.15) is 0 Å². The molecule has 1 aromatic rings. The number of aliphatic carboxylic acids is 1. The summed E-state index contributed by atoms with van der Waals surface area (Å²) < 4.78 is 37.1. The van der Waals surface area contributed by atoms with E-state index in [0.29, 0.717) is 0 Å². The van der Waals surface area contributed by atoms with E-state index in [0.717, 1.165) is 24.3 Å². The van der Waals surface area contributed by atoms with E-state index in [4.69, 9.17) is 5.11 Å². The van der Waals surface area contributed by atoms with Crippen LogP contribution in [0, 0.1) is 5.92 Å². The summed E-state index contributed by atoms with van der Waals surface area (Å²) in [5.74, 6) is -2.47. The molecule has 0 bridgehead atoms. The van der Waals surface area contributed by atoms with Crippen molar-refractivity contribution in [2.75, 3.05) is 0 Å². The number of carboxylic acid groups (broad SMARTS) is 1. The van der Waals surface area contributed by atoms with Gasteiger partial charge in [0.15, 0.2) is 0 Å². The molecule has 0 radical (unpaired) electrons. The number of hydrogen-bond donors (Lipinski definition) is 2. The molecule has 7 heteroatoms. The molecule has 0 aromatic heterocycles. The van der Waals surface area contributed by atoms with Crippen molar-refractivity contribution in [1.29, 1.82) is 0 Å². The summed E-state index contributed by atoms with van der Waals surface area (Å²) in [5.41, 5.74) is -0.802. The summed E-state index contributed by atoms with van der Waals surface area (Å²) in [6.45, 7) is 2.95. The highest BCUT2D eigenvalue weighted by atomic mass is 19.4. The van der Waals surface area contributed by atoms with Crippen LogP contribution in [0.5, 0.6) is 0 Å². The van der Waals surface area contributed by atoms with Crippen LogP contribution in [0.2, 0.25) is 0 Å². The maximum absolute atomic E-state index is 12.4. The van der Waals surface area contributed by atoms with Crippen molar-refractivity contribution in [3.63, 3.8) is 0 Å². The van der Waals surface area contributed by atoms with Gasteiger partial charge >= 0.3 is 12.1 Å². The Balaban J connectivity index is 2.76. The average molecular weight is 289 g/mol. The SMILES string of the molecule is CC(NC(=O)c1ccc(C(F)(F)F)cc1)C(C)C(=O)O. The van der Waals surface area contributed by atoms with Crippen LogP contribution in [0.25, 0.3) is 0 Å². The number of carbonyl (C=O) groups excluding carboxylic acids is 1. The summed E-state index contributed by atoms with van der Waals surface area (Å²) in [7, 11) is 0. The fraction of sp³-hybridized carbons (Fsp3) is 0.385. The number of alkyl halides is 3. The first kappa shape index (κ1) is 16.0. The zero-order chi connectivity index (χ0) is 15.5. The molecule has 0 aliphatic rings. The molecule has 0 aliphatic carbocycles. The van der Waals surface area contributed by atoms with Crippen LogP contribution in [0.1, 0.15) is 29.8 Å². The molecule has 4 nitrogen and oxygen atoms in total. The van der Waals surface area contributed by atoms with Gasteiger partial charge in [-0.15, -0.1) is 0 Å². The van der Waals surface area contributed by atoms with E-state index in [1.807, 2.05) is 0 Å². The molecule has 1 aromatic carbocycles. The highest BCUT2D eigenvalue weighted by Crippen LogP contribution is 2.29. The van der Waals surface area contributed by atoms with Crippen molar-refractivity contribution in [2.24, 2.45) is 5.92 Å². The number of hydrogen-bond acceptors (Lipinski definition) is 2. The van der Waals surface area contributed by atoms with Gasteiger partial charge in [-0.3, -0.25) is 9.59 Å². The van der Waals surface area contributed by atoms with Crippen molar-refractivity contribution in [2.45, 2.75) is 26.1 Å². The minimum atomic E-state index is -4.46. The third kappa shape index (κ3) is 3.97. The molecular weight excluding hydrogens is 275 g/mol. The fourth-order valence-electron chi connectivity index (χ4n) is 1.44. The predicted molar refractivity (Wildman–Crippen MR) is 65.2 cm³/mol. The van der Waals surface area contributed by atoms with Gasteiger partial charge in [0, 0.05) is 11.6 Å². The molecule has 110 valence electrons. The Kier molecular flexibility index (Phi) is 4.75. The van der Waals surface area contributed by atoms with E-state index in [-0.39, 0.29) is 5.56 Å². The maximum Gasteiger partial charge on any atom is 0.416 e. The molecule has 0 saturated carbocycles. The zero-order valence-electron chi connectivity index (χ0n) is 10.9. The van der Waals surface area contributed by atoms with Gasteiger partial charge in [-0.05, 0) is 38.1 Å². The average Bonchev–Trinajstić information content (AvgIpc) is 2.36. The second-order valence-corrected chi connectivity index (χ2v) is 4.46. The third-order valence-corrected chi connectivity index (χ3v) is 2.97. The normalized spacial score (nSPS) is 14.4. The van der Waals surface area contributed by atoms with E-state index >= 15 is 0 Å². The predicted octanol–water partition coefficient (Wildman–Crippen LogP) is 2.54. The van der Waals surface area contributed by atoms with Gasteiger partial charge in [0.05, 0.1) is 11.5 Å². The molecule has 2 atom stereocenters. The number of amides is 1. The molecular formula is C13H14F3NO3. The highest BCUT2D eigenvalue weighted by Gasteiger charge is 2.30. The number of carboxylic acids is 1. The number of rotatable bonds is 4. The minimum Gasteiger partial charge on any atom is -0.481 e. The molecule has 0 spiro atoms. The number of nitrogens with one attached hydrogen (secondary N) is 1. The maximum atomic E-state index is 12.4. The van der Waals surface area contributed by atoms with Crippen LogP contribution in [0.3, 0.4) is 0 Å². The Morgan fingerprint density at radius 2 is 1.65 bits per heavy atom. The Labute approximate surface area is 113 Å². The van der Waals surface area contributed by atoms with Crippen molar-refractivity contribution < 1.29 is 27.9 Å². The molecule has 2 N–H and O–H groups in total. The number of benzene rings is 1.